The number of fused-ring (bicyclic) bond motifs is 1. The first-order chi connectivity index (χ1) is 11.7. The molecule has 24 heavy (non-hydrogen) atoms. The first-order valence-electron chi connectivity index (χ1n) is 8.83. The summed E-state index contributed by atoms with van der Waals surface area (Å²) in [7, 11) is 0. The van der Waals surface area contributed by atoms with Gasteiger partial charge in [-0.2, -0.15) is 0 Å². The normalized spacial score (nSPS) is 17.8. The van der Waals surface area contributed by atoms with E-state index in [2.05, 4.69) is 55.6 Å². The molecule has 2 aromatic rings. The van der Waals surface area contributed by atoms with E-state index >= 15 is 0 Å². The van der Waals surface area contributed by atoms with E-state index in [-0.39, 0.29) is 18.0 Å². The molecule has 0 saturated heterocycles. The lowest BCUT2D eigenvalue weighted by molar-refractivity contribution is -0.136. The minimum Gasteiger partial charge on any atom is -0.334 e. The molecule has 3 rings (SSSR count). The van der Waals surface area contributed by atoms with E-state index < -0.39 is 0 Å². The Kier molecular flexibility index (Phi) is 5.31. The van der Waals surface area contributed by atoms with Gasteiger partial charge >= 0.3 is 0 Å². The van der Waals surface area contributed by atoms with Gasteiger partial charge in [-0.25, -0.2) is 0 Å². The molecule has 3 heteroatoms. The number of nitrogens with one attached hydrogen (secondary N) is 1. The molecule has 1 N–H and O–H groups in total. The highest BCUT2D eigenvalue weighted by Crippen LogP contribution is 2.20. The maximum atomic E-state index is 13.2. The van der Waals surface area contributed by atoms with Crippen molar-refractivity contribution in [2.45, 2.75) is 51.9 Å². The van der Waals surface area contributed by atoms with Gasteiger partial charge in [-0.1, -0.05) is 61.5 Å². The summed E-state index contributed by atoms with van der Waals surface area (Å²) in [6, 6.07) is 18.8. The van der Waals surface area contributed by atoms with E-state index in [9.17, 15) is 4.79 Å². The summed E-state index contributed by atoms with van der Waals surface area (Å²) in [6.45, 7) is 5.72. The average molecular weight is 322 g/mol. The number of amides is 1. The van der Waals surface area contributed by atoms with Gasteiger partial charge in [-0.05, 0) is 36.5 Å². The standard InChI is InChI=1S/C21H26N2O/c1-3-16(2)23(15-17-9-5-4-6-10-17)21(24)20-13-18-11-7-8-12-19(18)14-22-20/h4-12,16,20,22H,3,13-15H2,1-2H3/t16?,20-/m1/s1. The van der Waals surface area contributed by atoms with Crippen molar-refractivity contribution < 1.29 is 4.79 Å². The van der Waals surface area contributed by atoms with Gasteiger partial charge in [0, 0.05) is 19.1 Å². The van der Waals surface area contributed by atoms with Gasteiger partial charge in [0.15, 0.2) is 0 Å². The fourth-order valence-corrected chi connectivity index (χ4v) is 3.28. The minimum atomic E-state index is -0.127. The zero-order valence-corrected chi connectivity index (χ0v) is 14.5. The number of rotatable bonds is 5. The Morgan fingerprint density at radius 3 is 2.50 bits per heavy atom. The molecule has 1 heterocycles. The highest BCUT2D eigenvalue weighted by atomic mass is 16.2. The van der Waals surface area contributed by atoms with Crippen LogP contribution in [-0.2, 0) is 24.3 Å². The lowest BCUT2D eigenvalue weighted by Gasteiger charge is -2.34. The van der Waals surface area contributed by atoms with Crippen molar-refractivity contribution in [3.05, 3.63) is 71.3 Å². The van der Waals surface area contributed by atoms with Crippen LogP contribution in [0.5, 0.6) is 0 Å². The quantitative estimate of drug-likeness (QED) is 0.913. The van der Waals surface area contributed by atoms with E-state index in [4.69, 9.17) is 0 Å². The fraction of sp³-hybridized carbons (Fsp3) is 0.381. The first-order valence-corrected chi connectivity index (χ1v) is 8.83. The molecule has 126 valence electrons. The molecule has 0 aromatic heterocycles. The van der Waals surface area contributed by atoms with Crippen LogP contribution in [0.4, 0.5) is 0 Å². The molecule has 0 aliphatic carbocycles. The van der Waals surface area contributed by atoms with Crippen LogP contribution >= 0.6 is 0 Å². The summed E-state index contributed by atoms with van der Waals surface area (Å²) in [5, 5.41) is 3.43. The second-order valence-corrected chi connectivity index (χ2v) is 6.62. The zero-order chi connectivity index (χ0) is 16.9. The summed E-state index contributed by atoms with van der Waals surface area (Å²) in [4.78, 5) is 15.2. The predicted molar refractivity (Wildman–Crippen MR) is 97.5 cm³/mol. The molecular formula is C21H26N2O. The molecule has 2 aromatic carbocycles. The maximum absolute atomic E-state index is 13.2. The third kappa shape index (κ3) is 3.68. The summed E-state index contributed by atoms with van der Waals surface area (Å²) in [5.41, 5.74) is 3.78. The van der Waals surface area contributed by atoms with Crippen molar-refractivity contribution in [1.29, 1.82) is 0 Å². The summed E-state index contributed by atoms with van der Waals surface area (Å²) in [6.07, 6.45) is 1.73. The van der Waals surface area contributed by atoms with Crippen LogP contribution in [0.2, 0.25) is 0 Å². The average Bonchev–Trinajstić information content (AvgIpc) is 2.65. The summed E-state index contributed by atoms with van der Waals surface area (Å²) < 4.78 is 0. The Morgan fingerprint density at radius 1 is 1.12 bits per heavy atom. The molecule has 0 bridgehead atoms. The molecule has 0 spiro atoms. The SMILES string of the molecule is CCC(C)N(Cc1ccccc1)C(=O)[C@H]1Cc2ccccc2CN1. The number of carbonyl (C=O) groups excluding carboxylic acids is 1. The molecule has 1 amide bonds. The molecule has 1 aliphatic rings. The molecule has 0 radical (unpaired) electrons. The number of carbonyl (C=O) groups is 1. The van der Waals surface area contributed by atoms with Crippen molar-refractivity contribution >= 4 is 5.91 Å². The Labute approximate surface area is 144 Å². The molecule has 3 nitrogen and oxygen atoms in total. The van der Waals surface area contributed by atoms with Crippen LogP contribution in [-0.4, -0.2) is 22.9 Å². The van der Waals surface area contributed by atoms with Gasteiger partial charge in [-0.3, -0.25) is 4.79 Å². The van der Waals surface area contributed by atoms with Crippen LogP contribution in [0.15, 0.2) is 54.6 Å². The van der Waals surface area contributed by atoms with Crippen molar-refractivity contribution in [3.63, 3.8) is 0 Å². The molecule has 0 fully saturated rings. The van der Waals surface area contributed by atoms with E-state index in [1.165, 1.54) is 16.7 Å². The zero-order valence-electron chi connectivity index (χ0n) is 14.5. The lowest BCUT2D eigenvalue weighted by atomic mass is 9.94. The number of benzene rings is 2. The van der Waals surface area contributed by atoms with Gasteiger partial charge in [0.05, 0.1) is 6.04 Å². The van der Waals surface area contributed by atoms with E-state index in [1.807, 2.05) is 23.1 Å². The van der Waals surface area contributed by atoms with Crippen molar-refractivity contribution in [3.8, 4) is 0 Å². The van der Waals surface area contributed by atoms with Crippen molar-refractivity contribution in [2.24, 2.45) is 0 Å². The van der Waals surface area contributed by atoms with Crippen LogP contribution in [0, 0.1) is 0 Å². The number of hydrogen-bond acceptors (Lipinski definition) is 2. The van der Waals surface area contributed by atoms with Crippen molar-refractivity contribution in [2.75, 3.05) is 0 Å². The molecule has 1 unspecified atom stereocenters. The van der Waals surface area contributed by atoms with E-state index in [0.29, 0.717) is 6.54 Å². The van der Waals surface area contributed by atoms with Crippen LogP contribution < -0.4 is 5.32 Å². The highest BCUT2D eigenvalue weighted by Gasteiger charge is 2.29. The van der Waals surface area contributed by atoms with Gasteiger partial charge in [-0.15, -0.1) is 0 Å². The monoisotopic (exact) mass is 322 g/mol. The third-order valence-corrected chi connectivity index (χ3v) is 4.98. The van der Waals surface area contributed by atoms with Crippen LogP contribution in [0.1, 0.15) is 37.0 Å². The molecule has 2 atom stereocenters. The summed E-state index contributed by atoms with van der Waals surface area (Å²) >= 11 is 0. The highest BCUT2D eigenvalue weighted by molar-refractivity contribution is 5.83. The van der Waals surface area contributed by atoms with Gasteiger partial charge in [0.25, 0.3) is 0 Å². The van der Waals surface area contributed by atoms with Gasteiger partial charge < -0.3 is 10.2 Å². The van der Waals surface area contributed by atoms with E-state index in [0.717, 1.165) is 19.4 Å². The topological polar surface area (TPSA) is 32.3 Å². The number of nitrogens with zero attached hydrogens (tertiary/aromatic N) is 1. The van der Waals surface area contributed by atoms with Crippen molar-refractivity contribution in [1.82, 2.24) is 10.2 Å². The number of hydrogen-bond donors (Lipinski definition) is 1. The third-order valence-electron chi connectivity index (χ3n) is 4.98. The molecule has 1 aliphatic heterocycles. The van der Waals surface area contributed by atoms with Crippen LogP contribution in [0.3, 0.4) is 0 Å². The second kappa shape index (κ2) is 7.63. The Balaban J connectivity index is 1.77. The first kappa shape index (κ1) is 16.7. The Bertz CT molecular complexity index is 683. The fourth-order valence-electron chi connectivity index (χ4n) is 3.28. The Hall–Kier alpha value is -2.13. The second-order valence-electron chi connectivity index (χ2n) is 6.62. The van der Waals surface area contributed by atoms with Crippen LogP contribution in [0.25, 0.3) is 0 Å². The molecular weight excluding hydrogens is 296 g/mol. The maximum Gasteiger partial charge on any atom is 0.240 e. The largest absolute Gasteiger partial charge is 0.334 e. The summed E-state index contributed by atoms with van der Waals surface area (Å²) in [5.74, 6) is 0.211. The Morgan fingerprint density at radius 2 is 1.79 bits per heavy atom. The smallest absolute Gasteiger partial charge is 0.240 e. The van der Waals surface area contributed by atoms with E-state index in [1.54, 1.807) is 0 Å². The predicted octanol–water partition coefficient (Wildman–Crippen LogP) is 3.53. The van der Waals surface area contributed by atoms with Gasteiger partial charge in [0.1, 0.15) is 0 Å². The minimum absolute atomic E-state index is 0.127. The molecule has 0 saturated carbocycles. The van der Waals surface area contributed by atoms with Gasteiger partial charge in [0.2, 0.25) is 5.91 Å². The lowest BCUT2D eigenvalue weighted by Crippen LogP contribution is -2.51.